The van der Waals surface area contributed by atoms with Crippen LogP contribution in [-0.2, 0) is 16.1 Å². The summed E-state index contributed by atoms with van der Waals surface area (Å²) in [5, 5.41) is 1.97. The Bertz CT molecular complexity index is 241. The highest BCUT2D eigenvalue weighted by Gasteiger charge is 2.06. The number of carbonyl (C=O) groups excluding carboxylic acids is 1. The molecule has 0 fully saturated rings. The molecule has 0 amide bonds. The Labute approximate surface area is 61.9 Å². The molecule has 0 aliphatic rings. The minimum Gasteiger partial charge on any atom is -0.469 e. The van der Waals surface area contributed by atoms with Gasteiger partial charge in [-0.15, -0.1) is 4.91 Å². The van der Waals surface area contributed by atoms with Gasteiger partial charge in [-0.25, -0.2) is 4.79 Å². The molecule has 0 aliphatic carbocycles. The number of hydrogen-bond acceptors (Lipinski definition) is 5. The molecule has 1 rings (SSSR count). The highest BCUT2D eigenvalue weighted by Crippen LogP contribution is 2.01. The summed E-state index contributed by atoms with van der Waals surface area (Å²) in [4.78, 5) is 23.7. The molecule has 0 unspecified atom stereocenters. The fourth-order valence-electron chi connectivity index (χ4n) is 0.629. The second-order valence-electron chi connectivity index (χ2n) is 1.79. The van der Waals surface area contributed by atoms with Gasteiger partial charge >= 0.3 is 5.97 Å². The molecule has 0 bridgehead atoms. The molecule has 0 aromatic carbocycles. The molecule has 0 aliphatic heterocycles. The van der Waals surface area contributed by atoms with Gasteiger partial charge in [-0.05, 0) is 12.1 Å². The van der Waals surface area contributed by atoms with Crippen molar-refractivity contribution in [1.82, 2.24) is 0 Å². The summed E-state index contributed by atoms with van der Waals surface area (Å²) in [5.74, 6) is -0.284. The van der Waals surface area contributed by atoms with Crippen molar-refractivity contribution < 1.29 is 14.0 Å². The highest BCUT2D eigenvalue weighted by molar-refractivity contribution is 5.71. The third-order valence-corrected chi connectivity index (χ3v) is 1.04. The second kappa shape index (κ2) is 3.50. The van der Waals surface area contributed by atoms with Gasteiger partial charge in [0.05, 0.1) is 6.26 Å². The van der Waals surface area contributed by atoms with Crippen molar-refractivity contribution in [2.24, 2.45) is 5.34 Å². The van der Waals surface area contributed by atoms with E-state index in [2.05, 4.69) is 4.84 Å². The van der Waals surface area contributed by atoms with Crippen molar-refractivity contribution in [2.45, 2.75) is 6.42 Å². The zero-order valence-electron chi connectivity index (χ0n) is 5.52. The van der Waals surface area contributed by atoms with E-state index >= 15 is 0 Å². The van der Waals surface area contributed by atoms with Crippen molar-refractivity contribution in [3.63, 3.8) is 0 Å². The van der Waals surface area contributed by atoms with Crippen molar-refractivity contribution in [1.29, 1.82) is 0 Å². The Balaban J connectivity index is 2.43. The van der Waals surface area contributed by atoms with Crippen molar-refractivity contribution in [3.8, 4) is 0 Å². The third kappa shape index (κ3) is 2.21. The highest BCUT2D eigenvalue weighted by atomic mass is 16.7. The maximum Gasteiger partial charge on any atom is 0.346 e. The normalized spacial score (nSPS) is 9.09. The van der Waals surface area contributed by atoms with Crippen molar-refractivity contribution in [3.05, 3.63) is 29.1 Å². The standard InChI is InChI=1S/C6H5NO4/c8-6(11-7-9)4-5-2-1-3-10-5/h1-3H,4H2. The zero-order chi connectivity index (χ0) is 8.10. The monoisotopic (exact) mass is 155 g/mol. The first-order valence-corrected chi connectivity index (χ1v) is 2.88. The Kier molecular flexibility index (Phi) is 2.37. The van der Waals surface area contributed by atoms with Crippen LogP contribution in [0.1, 0.15) is 5.76 Å². The van der Waals surface area contributed by atoms with Crippen LogP contribution in [0.2, 0.25) is 0 Å². The lowest BCUT2D eigenvalue weighted by Gasteiger charge is -1.89. The largest absolute Gasteiger partial charge is 0.469 e. The summed E-state index contributed by atoms with van der Waals surface area (Å²) in [5.41, 5.74) is 0. The molecule has 0 atom stereocenters. The lowest BCUT2D eigenvalue weighted by Crippen LogP contribution is -2.02. The van der Waals surface area contributed by atoms with Gasteiger partial charge in [0, 0.05) is 0 Å². The Morgan fingerprint density at radius 2 is 2.55 bits per heavy atom. The predicted molar refractivity (Wildman–Crippen MR) is 34.3 cm³/mol. The Morgan fingerprint density at radius 1 is 1.73 bits per heavy atom. The van der Waals surface area contributed by atoms with E-state index in [1.54, 1.807) is 12.1 Å². The smallest absolute Gasteiger partial charge is 0.346 e. The Hall–Kier alpha value is -1.65. The van der Waals surface area contributed by atoms with Crippen LogP contribution >= 0.6 is 0 Å². The van der Waals surface area contributed by atoms with E-state index in [0.29, 0.717) is 5.76 Å². The van der Waals surface area contributed by atoms with Gasteiger partial charge in [0.2, 0.25) is 0 Å². The zero-order valence-corrected chi connectivity index (χ0v) is 5.52. The summed E-state index contributed by atoms with van der Waals surface area (Å²) < 4.78 is 4.81. The Morgan fingerprint density at radius 3 is 3.09 bits per heavy atom. The van der Waals surface area contributed by atoms with Gasteiger partial charge in [0.25, 0.3) is 0 Å². The predicted octanol–water partition coefficient (Wildman–Crippen LogP) is 1.05. The van der Waals surface area contributed by atoms with E-state index in [4.69, 9.17) is 4.42 Å². The first-order valence-electron chi connectivity index (χ1n) is 2.88. The van der Waals surface area contributed by atoms with Crippen molar-refractivity contribution in [2.75, 3.05) is 0 Å². The van der Waals surface area contributed by atoms with E-state index in [0.717, 1.165) is 0 Å². The fourth-order valence-corrected chi connectivity index (χ4v) is 0.629. The number of hydrogen-bond donors (Lipinski definition) is 0. The van der Waals surface area contributed by atoms with Crippen LogP contribution in [0, 0.1) is 4.91 Å². The molecule has 0 radical (unpaired) electrons. The van der Waals surface area contributed by atoms with E-state index in [-0.39, 0.29) is 6.42 Å². The van der Waals surface area contributed by atoms with E-state index in [9.17, 15) is 9.70 Å². The average molecular weight is 155 g/mol. The van der Waals surface area contributed by atoms with Crippen LogP contribution in [-0.4, -0.2) is 5.97 Å². The van der Waals surface area contributed by atoms with Crippen LogP contribution in [0.15, 0.2) is 28.2 Å². The van der Waals surface area contributed by atoms with Gasteiger partial charge in [-0.2, -0.15) is 0 Å². The molecule has 58 valence electrons. The summed E-state index contributed by atoms with van der Waals surface area (Å²) >= 11 is 0. The maximum atomic E-state index is 10.5. The first-order chi connectivity index (χ1) is 5.33. The lowest BCUT2D eigenvalue weighted by atomic mass is 10.3. The number of furan rings is 1. The summed E-state index contributed by atoms with van der Waals surface area (Å²) in [6.45, 7) is 0. The number of carbonyl (C=O) groups is 1. The van der Waals surface area contributed by atoms with Gasteiger partial charge in [0.1, 0.15) is 12.2 Å². The van der Waals surface area contributed by atoms with Crippen LogP contribution in [0.5, 0.6) is 0 Å². The quantitative estimate of drug-likeness (QED) is 0.483. The average Bonchev–Trinajstić information content (AvgIpc) is 2.40. The molecule has 0 N–H and O–H groups in total. The SMILES string of the molecule is O=NOC(=O)Cc1ccco1. The molecule has 0 saturated heterocycles. The second-order valence-corrected chi connectivity index (χ2v) is 1.79. The summed E-state index contributed by atoms with van der Waals surface area (Å²) in [6, 6.07) is 3.24. The topological polar surface area (TPSA) is 68.9 Å². The summed E-state index contributed by atoms with van der Waals surface area (Å²) in [6.07, 6.45) is 1.36. The van der Waals surface area contributed by atoms with Gasteiger partial charge < -0.3 is 4.42 Å². The van der Waals surface area contributed by atoms with E-state index in [1.165, 1.54) is 6.26 Å². The van der Waals surface area contributed by atoms with E-state index < -0.39 is 5.97 Å². The molecule has 0 spiro atoms. The molecule has 5 heteroatoms. The fraction of sp³-hybridized carbons (Fsp3) is 0.167. The summed E-state index contributed by atoms with van der Waals surface area (Å²) in [7, 11) is 0. The minimum absolute atomic E-state index is 0.0707. The minimum atomic E-state index is -0.727. The van der Waals surface area contributed by atoms with E-state index in [1.807, 2.05) is 5.34 Å². The molecular formula is C6H5NO4. The molecule has 1 heterocycles. The third-order valence-electron chi connectivity index (χ3n) is 1.04. The van der Waals surface area contributed by atoms with Crippen LogP contribution < -0.4 is 0 Å². The van der Waals surface area contributed by atoms with Gasteiger partial charge in [-0.1, -0.05) is 0 Å². The molecule has 11 heavy (non-hydrogen) atoms. The van der Waals surface area contributed by atoms with Gasteiger partial charge in [-0.3, -0.25) is 4.84 Å². The van der Waals surface area contributed by atoms with Gasteiger partial charge in [0.15, 0.2) is 5.34 Å². The van der Waals surface area contributed by atoms with Crippen LogP contribution in [0.4, 0.5) is 0 Å². The lowest BCUT2D eigenvalue weighted by molar-refractivity contribution is -0.143. The molecule has 1 aromatic rings. The van der Waals surface area contributed by atoms with Crippen molar-refractivity contribution >= 4 is 5.97 Å². The molecule has 5 nitrogen and oxygen atoms in total. The maximum absolute atomic E-state index is 10.5. The number of rotatable bonds is 3. The molecule has 0 saturated carbocycles. The number of nitrogens with zero attached hydrogens (tertiary/aromatic N) is 1. The van der Waals surface area contributed by atoms with Crippen LogP contribution in [0.25, 0.3) is 0 Å². The van der Waals surface area contributed by atoms with Crippen LogP contribution in [0.3, 0.4) is 0 Å². The first kappa shape index (κ1) is 7.46. The molecule has 1 aromatic heterocycles. The molecular weight excluding hydrogens is 150 g/mol.